The lowest BCUT2D eigenvalue weighted by Crippen LogP contribution is -2.45. The number of carbonyl (C=O) groups excluding carboxylic acids is 3. The normalized spacial score (nSPS) is 12.1. The zero-order valence-corrected chi connectivity index (χ0v) is 24.2. The zero-order valence-electron chi connectivity index (χ0n) is 23.4. The molecule has 0 aliphatic carbocycles. The molecule has 2 amide bonds. The summed E-state index contributed by atoms with van der Waals surface area (Å²) in [6, 6.07) is 27.4. The number of fused-ring (bicyclic) bond motifs is 1. The fourth-order valence-corrected chi connectivity index (χ4v) is 5.52. The van der Waals surface area contributed by atoms with Crippen molar-refractivity contribution in [3.63, 3.8) is 0 Å². The van der Waals surface area contributed by atoms with Gasteiger partial charge in [-0.05, 0) is 73.0 Å². The molecular formula is C33H32N2O6S. The van der Waals surface area contributed by atoms with Crippen LogP contribution in [0.25, 0.3) is 16.8 Å². The summed E-state index contributed by atoms with van der Waals surface area (Å²) in [4.78, 5) is 40.5. The highest BCUT2D eigenvalue weighted by Crippen LogP contribution is 2.22. The number of hydrogen-bond donors (Lipinski definition) is 1. The number of benzene rings is 4. The van der Waals surface area contributed by atoms with E-state index in [0.717, 1.165) is 10.9 Å². The van der Waals surface area contributed by atoms with E-state index < -0.39 is 33.7 Å². The van der Waals surface area contributed by atoms with E-state index in [2.05, 4.69) is 4.72 Å². The highest BCUT2D eigenvalue weighted by Gasteiger charge is 2.33. The van der Waals surface area contributed by atoms with E-state index in [1.807, 2.05) is 18.2 Å². The van der Waals surface area contributed by atoms with Crippen LogP contribution in [0.15, 0.2) is 108 Å². The number of esters is 1. The number of carbonyl (C=O) groups is 3. The van der Waals surface area contributed by atoms with Crippen LogP contribution in [0.3, 0.4) is 0 Å². The second-order valence-corrected chi connectivity index (χ2v) is 11.1. The summed E-state index contributed by atoms with van der Waals surface area (Å²) < 4.78 is 33.6. The van der Waals surface area contributed by atoms with Crippen molar-refractivity contribution in [2.75, 3.05) is 18.1 Å². The molecule has 9 heteroatoms. The second-order valence-electron chi connectivity index (χ2n) is 9.43. The number of hydrogen-bond acceptors (Lipinski definition) is 6. The van der Waals surface area contributed by atoms with Crippen molar-refractivity contribution in [2.24, 2.45) is 5.92 Å². The van der Waals surface area contributed by atoms with E-state index in [-0.39, 0.29) is 24.5 Å². The van der Waals surface area contributed by atoms with Crippen LogP contribution in [0, 0.1) is 5.92 Å². The van der Waals surface area contributed by atoms with Gasteiger partial charge in [0.05, 0.1) is 17.1 Å². The van der Waals surface area contributed by atoms with Crippen molar-refractivity contribution in [3.05, 3.63) is 114 Å². The van der Waals surface area contributed by atoms with Gasteiger partial charge in [0, 0.05) is 12.2 Å². The van der Waals surface area contributed by atoms with Crippen LogP contribution in [0.5, 0.6) is 0 Å². The van der Waals surface area contributed by atoms with Crippen LogP contribution in [0.2, 0.25) is 0 Å². The standard InChI is InChI=1S/C33H32N2O6S/c1-3-35(28-14-6-5-7-15-28)32(37)30(16-10-11-24-17-19-26(20-18-24)33(38)41-4-2)31(36)34-42(39,40)29-22-21-25-12-8-9-13-27(25)23-29/h5-15,17-23,30H,3-4,16H2,1-2H3,(H,34,36)/b11-10+. The predicted octanol–water partition coefficient (Wildman–Crippen LogP) is 5.59. The maximum absolute atomic E-state index is 13.7. The Labute approximate surface area is 245 Å². The third kappa shape index (κ3) is 7.30. The number of nitrogens with zero attached hydrogens (tertiary/aromatic N) is 1. The number of para-hydroxylation sites is 1. The van der Waals surface area contributed by atoms with Crippen LogP contribution < -0.4 is 9.62 Å². The van der Waals surface area contributed by atoms with E-state index in [9.17, 15) is 22.8 Å². The fraction of sp³-hybridized carbons (Fsp3) is 0.182. The molecule has 216 valence electrons. The third-order valence-corrected chi connectivity index (χ3v) is 7.98. The van der Waals surface area contributed by atoms with Gasteiger partial charge in [0.2, 0.25) is 11.8 Å². The first-order valence-corrected chi connectivity index (χ1v) is 15.1. The fourth-order valence-electron chi connectivity index (χ4n) is 4.46. The van der Waals surface area contributed by atoms with Gasteiger partial charge in [-0.15, -0.1) is 0 Å². The molecular weight excluding hydrogens is 552 g/mol. The van der Waals surface area contributed by atoms with Crippen molar-refractivity contribution in [1.82, 2.24) is 4.72 Å². The average Bonchev–Trinajstić information content (AvgIpc) is 3.00. The van der Waals surface area contributed by atoms with Gasteiger partial charge in [-0.3, -0.25) is 9.59 Å². The lowest BCUT2D eigenvalue weighted by molar-refractivity contribution is -0.132. The molecule has 4 aromatic rings. The monoisotopic (exact) mass is 584 g/mol. The van der Waals surface area contributed by atoms with Crippen molar-refractivity contribution >= 4 is 50.3 Å². The maximum Gasteiger partial charge on any atom is 0.338 e. The summed E-state index contributed by atoms with van der Waals surface area (Å²) in [6.45, 7) is 4.06. The molecule has 0 heterocycles. The number of amides is 2. The number of nitrogens with one attached hydrogen (secondary N) is 1. The van der Waals surface area contributed by atoms with Gasteiger partial charge in [0.25, 0.3) is 10.0 Å². The smallest absolute Gasteiger partial charge is 0.338 e. The minimum atomic E-state index is -4.26. The van der Waals surface area contributed by atoms with Crippen molar-refractivity contribution in [1.29, 1.82) is 0 Å². The SMILES string of the molecule is CCOC(=O)c1ccc(/C=C/CC(C(=O)NS(=O)(=O)c2ccc3ccccc3c2)C(=O)N(CC)c2ccccc2)cc1. The number of sulfonamides is 1. The Morgan fingerprint density at radius 1 is 0.857 bits per heavy atom. The molecule has 0 bridgehead atoms. The lowest BCUT2D eigenvalue weighted by atomic mass is 10.0. The van der Waals surface area contributed by atoms with Crippen molar-refractivity contribution < 1.29 is 27.5 Å². The molecule has 8 nitrogen and oxygen atoms in total. The average molecular weight is 585 g/mol. The number of ether oxygens (including phenoxy) is 1. The molecule has 4 aromatic carbocycles. The van der Waals surface area contributed by atoms with E-state index in [0.29, 0.717) is 16.6 Å². The summed E-state index contributed by atoms with van der Waals surface area (Å²) in [5, 5.41) is 1.57. The largest absolute Gasteiger partial charge is 0.462 e. The quantitative estimate of drug-likeness (QED) is 0.182. The first-order valence-electron chi connectivity index (χ1n) is 13.6. The highest BCUT2D eigenvalue weighted by molar-refractivity contribution is 7.90. The Hall–Kier alpha value is -4.76. The third-order valence-electron chi connectivity index (χ3n) is 6.63. The Kier molecular flexibility index (Phi) is 9.88. The summed E-state index contributed by atoms with van der Waals surface area (Å²) in [6.07, 6.45) is 3.29. The molecule has 1 unspecified atom stereocenters. The molecule has 0 aliphatic heterocycles. The Morgan fingerprint density at radius 2 is 1.52 bits per heavy atom. The van der Waals surface area contributed by atoms with Gasteiger partial charge < -0.3 is 9.64 Å². The molecule has 0 aromatic heterocycles. The van der Waals surface area contributed by atoms with Gasteiger partial charge in [-0.1, -0.05) is 72.8 Å². The molecule has 1 atom stereocenters. The molecule has 0 saturated carbocycles. The molecule has 4 rings (SSSR count). The zero-order chi connectivity index (χ0) is 30.1. The summed E-state index contributed by atoms with van der Waals surface area (Å²) in [5.74, 6) is -3.21. The summed E-state index contributed by atoms with van der Waals surface area (Å²) >= 11 is 0. The number of allylic oxidation sites excluding steroid dienone is 1. The lowest BCUT2D eigenvalue weighted by Gasteiger charge is -2.25. The van der Waals surface area contributed by atoms with Crippen LogP contribution >= 0.6 is 0 Å². The second kappa shape index (κ2) is 13.7. The van der Waals surface area contributed by atoms with E-state index in [1.54, 1.807) is 92.7 Å². The van der Waals surface area contributed by atoms with Gasteiger partial charge >= 0.3 is 5.97 Å². The van der Waals surface area contributed by atoms with Crippen molar-refractivity contribution in [2.45, 2.75) is 25.2 Å². The molecule has 0 fully saturated rings. The van der Waals surface area contributed by atoms with Crippen molar-refractivity contribution in [3.8, 4) is 0 Å². The predicted molar refractivity (Wildman–Crippen MR) is 163 cm³/mol. The van der Waals surface area contributed by atoms with E-state index in [1.165, 1.54) is 17.0 Å². The first-order chi connectivity index (χ1) is 20.2. The van der Waals surface area contributed by atoms with Gasteiger partial charge in [-0.2, -0.15) is 0 Å². The Morgan fingerprint density at radius 3 is 2.19 bits per heavy atom. The van der Waals surface area contributed by atoms with Crippen LogP contribution in [0.4, 0.5) is 5.69 Å². The first kappa shape index (κ1) is 30.2. The van der Waals surface area contributed by atoms with Gasteiger partial charge in [0.15, 0.2) is 0 Å². The molecule has 42 heavy (non-hydrogen) atoms. The minimum Gasteiger partial charge on any atom is -0.462 e. The van der Waals surface area contributed by atoms with Crippen LogP contribution in [0.1, 0.15) is 36.2 Å². The highest BCUT2D eigenvalue weighted by atomic mass is 32.2. The molecule has 0 spiro atoms. The van der Waals surface area contributed by atoms with E-state index >= 15 is 0 Å². The molecule has 1 N–H and O–H groups in total. The summed E-state index contributed by atoms with van der Waals surface area (Å²) in [7, 11) is -4.26. The maximum atomic E-state index is 13.7. The molecule has 0 aliphatic rings. The van der Waals surface area contributed by atoms with Crippen LogP contribution in [-0.4, -0.2) is 39.4 Å². The number of anilines is 1. The van der Waals surface area contributed by atoms with Gasteiger partial charge in [0.1, 0.15) is 5.92 Å². The number of rotatable bonds is 11. The summed E-state index contributed by atoms with van der Waals surface area (Å²) in [5.41, 5.74) is 1.73. The molecule has 0 radical (unpaired) electrons. The van der Waals surface area contributed by atoms with Gasteiger partial charge in [-0.25, -0.2) is 17.9 Å². The Balaban J connectivity index is 1.59. The molecule has 0 saturated heterocycles. The Bertz CT molecular complexity index is 1700. The minimum absolute atomic E-state index is 0.0547. The van der Waals surface area contributed by atoms with Crippen LogP contribution in [-0.2, 0) is 24.3 Å². The topological polar surface area (TPSA) is 110 Å². The van der Waals surface area contributed by atoms with E-state index in [4.69, 9.17) is 4.74 Å².